The van der Waals surface area contributed by atoms with Crippen molar-refractivity contribution in [2.24, 2.45) is 5.10 Å². The van der Waals surface area contributed by atoms with Gasteiger partial charge in [0.25, 0.3) is 0 Å². The van der Waals surface area contributed by atoms with Crippen molar-refractivity contribution in [3.8, 4) is 0 Å². The van der Waals surface area contributed by atoms with E-state index in [0.29, 0.717) is 12.8 Å². The van der Waals surface area contributed by atoms with Crippen molar-refractivity contribution in [3.63, 3.8) is 0 Å². The van der Waals surface area contributed by atoms with Crippen LogP contribution in [-0.4, -0.2) is 25.6 Å². The third kappa shape index (κ3) is 8.77. The summed E-state index contributed by atoms with van der Waals surface area (Å²) in [7, 11) is 0. The molecular formula is C7H15N3O3. The van der Waals surface area contributed by atoms with Crippen LogP contribution in [0.4, 0.5) is 4.79 Å². The topological polar surface area (TPSA) is 85.2 Å². The number of nitrogens with zero attached hydrogens (tertiary/aromatic N) is 1. The predicted octanol–water partition coefficient (Wildman–Crippen LogP) is 0.605. The van der Waals surface area contributed by atoms with Crippen LogP contribution in [-0.2, 0) is 9.57 Å². The van der Waals surface area contributed by atoms with E-state index in [0.717, 1.165) is 6.42 Å². The van der Waals surface area contributed by atoms with Gasteiger partial charge in [0.05, 0.1) is 6.61 Å². The monoisotopic (exact) mass is 189 g/mol. The first-order valence-corrected chi connectivity index (χ1v) is 4.04. The molecular weight excluding hydrogens is 174 g/mol. The molecule has 0 aromatic carbocycles. The molecule has 1 atom stereocenters. The maximum atomic E-state index is 10.2. The Kier molecular flexibility index (Phi) is 6.85. The summed E-state index contributed by atoms with van der Waals surface area (Å²) in [6.07, 6.45) is 0.900. The zero-order chi connectivity index (χ0) is 10.1. The molecule has 6 heteroatoms. The highest BCUT2D eigenvalue weighted by Gasteiger charge is 2.17. The van der Waals surface area contributed by atoms with Gasteiger partial charge in [-0.05, 0) is 13.3 Å². The third-order valence-electron chi connectivity index (χ3n) is 1.10. The second-order valence-corrected chi connectivity index (χ2v) is 2.12. The Bertz CT molecular complexity index is 159. The number of hydrogen-bond donors (Lipinski definition) is 2. The van der Waals surface area contributed by atoms with E-state index in [9.17, 15) is 4.79 Å². The summed E-state index contributed by atoms with van der Waals surface area (Å²) in [5.41, 5.74) is 4.68. The molecule has 0 aromatic heterocycles. The van der Waals surface area contributed by atoms with E-state index in [1.807, 2.05) is 5.43 Å². The van der Waals surface area contributed by atoms with Crippen molar-refractivity contribution in [1.29, 1.82) is 0 Å². The molecule has 6 nitrogen and oxygen atoms in total. The molecule has 1 amide bonds. The number of amides is 1. The van der Waals surface area contributed by atoms with Gasteiger partial charge in [-0.15, -0.1) is 0 Å². The van der Waals surface area contributed by atoms with Gasteiger partial charge in [0.2, 0.25) is 0 Å². The Balaban J connectivity index is 0.000000243. The number of nitrogens with one attached hydrogen (secondary N) is 2. The first-order valence-electron chi connectivity index (χ1n) is 4.04. The van der Waals surface area contributed by atoms with E-state index in [2.05, 4.69) is 33.8 Å². The number of hydroxylamine groups is 1. The third-order valence-corrected chi connectivity index (χ3v) is 1.10. The molecule has 1 aliphatic rings. The molecule has 0 spiro atoms. The fourth-order valence-corrected chi connectivity index (χ4v) is 0.443. The van der Waals surface area contributed by atoms with Gasteiger partial charge in [-0.25, -0.2) is 10.2 Å². The summed E-state index contributed by atoms with van der Waals surface area (Å²) >= 11 is 0. The van der Waals surface area contributed by atoms with Crippen LogP contribution in [0.15, 0.2) is 5.10 Å². The van der Waals surface area contributed by atoms with Gasteiger partial charge in [0, 0.05) is 6.72 Å². The Morgan fingerprint density at radius 3 is 2.62 bits per heavy atom. The molecule has 0 radical (unpaired) electrons. The summed E-state index contributed by atoms with van der Waals surface area (Å²) in [6.45, 7) is 7.15. The quantitative estimate of drug-likeness (QED) is 0.387. The average Bonchev–Trinajstić information content (AvgIpc) is 2.88. The molecule has 0 aromatic rings. The van der Waals surface area contributed by atoms with E-state index < -0.39 is 6.09 Å². The van der Waals surface area contributed by atoms with Gasteiger partial charge in [-0.1, -0.05) is 6.92 Å². The Labute approximate surface area is 77.2 Å². The van der Waals surface area contributed by atoms with Crippen molar-refractivity contribution < 1.29 is 14.4 Å². The van der Waals surface area contributed by atoms with Gasteiger partial charge < -0.3 is 4.74 Å². The average molecular weight is 189 g/mol. The van der Waals surface area contributed by atoms with Crippen LogP contribution < -0.4 is 10.9 Å². The lowest BCUT2D eigenvalue weighted by Gasteiger charge is -1.96. The molecule has 1 heterocycles. The first kappa shape index (κ1) is 11.9. The summed E-state index contributed by atoms with van der Waals surface area (Å²) in [4.78, 5) is 14.8. The van der Waals surface area contributed by atoms with Crippen LogP contribution in [0.3, 0.4) is 0 Å². The molecule has 0 bridgehead atoms. The molecule has 13 heavy (non-hydrogen) atoms. The minimum absolute atomic E-state index is 0.349. The minimum atomic E-state index is -0.567. The molecule has 0 aliphatic carbocycles. The number of hydrazone groups is 1. The lowest BCUT2D eigenvalue weighted by atomic mass is 10.5. The second kappa shape index (κ2) is 7.51. The van der Waals surface area contributed by atoms with Gasteiger partial charge in [-0.2, -0.15) is 10.6 Å². The maximum absolute atomic E-state index is 10.2. The van der Waals surface area contributed by atoms with E-state index in [4.69, 9.17) is 0 Å². The van der Waals surface area contributed by atoms with Crippen LogP contribution >= 0.6 is 0 Å². The number of carbonyl (C=O) groups is 1. The second-order valence-electron chi connectivity index (χ2n) is 2.12. The molecule has 0 saturated carbocycles. The van der Waals surface area contributed by atoms with Crippen molar-refractivity contribution in [1.82, 2.24) is 10.9 Å². The standard InChI is InChI=1S/C4H8N2O2.C3H7NO/c1-3-8-4(7)6-5-2;1-2-3-4-5-3/h2-3H2,1H3,(H,6,7);3-4H,2H2,1H3. The molecule has 1 aliphatic heterocycles. The summed E-state index contributed by atoms with van der Waals surface area (Å²) in [5.74, 6) is 0. The normalized spacial score (nSPS) is 17.8. The highest BCUT2D eigenvalue weighted by molar-refractivity contribution is 5.67. The number of carbonyl (C=O) groups excluding carboxylic acids is 1. The highest BCUT2D eigenvalue weighted by Crippen LogP contribution is 2.01. The van der Waals surface area contributed by atoms with Gasteiger partial charge in [-0.3, -0.25) is 4.84 Å². The molecule has 1 rings (SSSR count). The Morgan fingerprint density at radius 1 is 1.77 bits per heavy atom. The molecule has 1 unspecified atom stereocenters. The van der Waals surface area contributed by atoms with E-state index in [-0.39, 0.29) is 0 Å². The van der Waals surface area contributed by atoms with E-state index in [1.165, 1.54) is 0 Å². The molecule has 1 fully saturated rings. The zero-order valence-electron chi connectivity index (χ0n) is 7.87. The summed E-state index contributed by atoms with van der Waals surface area (Å²) < 4.78 is 4.40. The lowest BCUT2D eigenvalue weighted by molar-refractivity contribution is 0.153. The van der Waals surface area contributed by atoms with Crippen molar-refractivity contribution in [2.45, 2.75) is 26.5 Å². The Hall–Kier alpha value is -1.14. The van der Waals surface area contributed by atoms with Crippen LogP contribution in [0.2, 0.25) is 0 Å². The van der Waals surface area contributed by atoms with Gasteiger partial charge in [0.15, 0.2) is 6.23 Å². The molecule has 2 N–H and O–H groups in total. The van der Waals surface area contributed by atoms with E-state index in [1.54, 1.807) is 6.92 Å². The van der Waals surface area contributed by atoms with Crippen LogP contribution in [0.25, 0.3) is 0 Å². The smallest absolute Gasteiger partial charge is 0.427 e. The molecule has 76 valence electrons. The van der Waals surface area contributed by atoms with Crippen LogP contribution in [0.5, 0.6) is 0 Å². The van der Waals surface area contributed by atoms with Gasteiger partial charge >= 0.3 is 6.09 Å². The number of hydrogen-bond acceptors (Lipinski definition) is 5. The summed E-state index contributed by atoms with van der Waals surface area (Å²) in [5, 5.41) is 3.08. The Morgan fingerprint density at radius 2 is 2.38 bits per heavy atom. The highest BCUT2D eigenvalue weighted by atomic mass is 16.8. The minimum Gasteiger partial charge on any atom is -0.449 e. The fraction of sp³-hybridized carbons (Fsp3) is 0.714. The SMILES string of the molecule is C=NNC(=O)OCC.CCC1NO1. The maximum Gasteiger partial charge on any atom is 0.427 e. The van der Waals surface area contributed by atoms with Crippen molar-refractivity contribution in [2.75, 3.05) is 6.61 Å². The number of ether oxygens (including phenoxy) is 1. The van der Waals surface area contributed by atoms with Crippen molar-refractivity contribution in [3.05, 3.63) is 0 Å². The largest absolute Gasteiger partial charge is 0.449 e. The number of rotatable bonds is 3. The zero-order valence-corrected chi connectivity index (χ0v) is 7.87. The van der Waals surface area contributed by atoms with E-state index >= 15 is 0 Å². The summed E-state index contributed by atoms with van der Waals surface area (Å²) in [6, 6.07) is 0. The lowest BCUT2D eigenvalue weighted by Crippen LogP contribution is -2.17. The van der Waals surface area contributed by atoms with Crippen LogP contribution in [0, 0.1) is 0 Å². The van der Waals surface area contributed by atoms with Gasteiger partial charge in [0.1, 0.15) is 0 Å². The van der Waals surface area contributed by atoms with Crippen LogP contribution in [0.1, 0.15) is 20.3 Å². The fourth-order valence-electron chi connectivity index (χ4n) is 0.443. The molecule has 1 saturated heterocycles. The van der Waals surface area contributed by atoms with Crippen molar-refractivity contribution >= 4 is 12.8 Å². The predicted molar refractivity (Wildman–Crippen MR) is 48.0 cm³/mol. The first-order chi connectivity index (χ1) is 6.24.